The monoisotopic (exact) mass is 298 g/mol. The Hall–Kier alpha value is -1.87. The van der Waals surface area contributed by atoms with Gasteiger partial charge in [-0.1, -0.05) is 43.3 Å². The molecule has 1 aliphatic rings. The van der Waals surface area contributed by atoms with E-state index in [1.54, 1.807) is 12.1 Å². The number of nitrogens with zero attached hydrogens (tertiary/aromatic N) is 1. The van der Waals surface area contributed by atoms with Gasteiger partial charge in [0, 0.05) is 31.4 Å². The third-order valence-corrected chi connectivity index (χ3v) is 4.27. The second-order valence-electron chi connectivity index (χ2n) is 6.29. The van der Waals surface area contributed by atoms with Gasteiger partial charge >= 0.3 is 0 Å². The van der Waals surface area contributed by atoms with Crippen molar-refractivity contribution in [3.8, 4) is 0 Å². The summed E-state index contributed by atoms with van der Waals surface area (Å²) in [5.41, 5.74) is 2.29. The topological polar surface area (TPSA) is 15.3 Å². The highest BCUT2D eigenvalue weighted by molar-refractivity contribution is 5.47. The van der Waals surface area contributed by atoms with Crippen molar-refractivity contribution < 1.29 is 4.39 Å². The first-order chi connectivity index (χ1) is 10.7. The molecule has 1 aliphatic heterocycles. The highest BCUT2D eigenvalue weighted by atomic mass is 19.1. The summed E-state index contributed by atoms with van der Waals surface area (Å²) in [7, 11) is 0. The van der Waals surface area contributed by atoms with Crippen molar-refractivity contribution in [3.63, 3.8) is 0 Å². The van der Waals surface area contributed by atoms with Gasteiger partial charge in [0.1, 0.15) is 5.82 Å². The molecule has 0 saturated carbocycles. The first-order valence-electron chi connectivity index (χ1n) is 7.98. The van der Waals surface area contributed by atoms with Crippen LogP contribution in [0.15, 0.2) is 54.6 Å². The first-order valence-corrected chi connectivity index (χ1v) is 7.98. The third kappa shape index (κ3) is 3.86. The maximum absolute atomic E-state index is 13.4. The van der Waals surface area contributed by atoms with Crippen LogP contribution in [0.3, 0.4) is 0 Å². The second kappa shape index (κ2) is 6.93. The van der Waals surface area contributed by atoms with Gasteiger partial charge in [-0.25, -0.2) is 4.39 Å². The molecule has 1 N–H and O–H groups in total. The van der Waals surface area contributed by atoms with E-state index < -0.39 is 0 Å². The molecule has 1 heterocycles. The van der Waals surface area contributed by atoms with E-state index in [0.29, 0.717) is 12.0 Å². The highest BCUT2D eigenvalue weighted by Gasteiger charge is 2.24. The fourth-order valence-corrected chi connectivity index (χ4v) is 3.24. The smallest absolute Gasteiger partial charge is 0.125 e. The van der Waals surface area contributed by atoms with Crippen LogP contribution in [0, 0.1) is 11.7 Å². The van der Waals surface area contributed by atoms with Crippen molar-refractivity contribution in [1.82, 2.24) is 5.32 Å². The van der Waals surface area contributed by atoms with E-state index in [4.69, 9.17) is 0 Å². The Kier molecular flexibility index (Phi) is 4.74. The Bertz CT molecular complexity index is 599. The van der Waals surface area contributed by atoms with Gasteiger partial charge < -0.3 is 10.2 Å². The SMILES string of the molecule is CC1CC(NCc2ccccc2)CN(c2cccc(F)c2)C1. The van der Waals surface area contributed by atoms with E-state index in [-0.39, 0.29) is 5.82 Å². The summed E-state index contributed by atoms with van der Waals surface area (Å²) in [6, 6.07) is 17.8. The van der Waals surface area contributed by atoms with Crippen LogP contribution in [0.25, 0.3) is 0 Å². The number of piperidine rings is 1. The van der Waals surface area contributed by atoms with Crippen LogP contribution >= 0.6 is 0 Å². The largest absolute Gasteiger partial charge is 0.370 e. The van der Waals surface area contributed by atoms with Crippen molar-refractivity contribution >= 4 is 5.69 Å². The van der Waals surface area contributed by atoms with Crippen LogP contribution in [0.4, 0.5) is 10.1 Å². The van der Waals surface area contributed by atoms with E-state index in [9.17, 15) is 4.39 Å². The van der Waals surface area contributed by atoms with Gasteiger partial charge in [0.25, 0.3) is 0 Å². The Morgan fingerprint density at radius 2 is 1.91 bits per heavy atom. The van der Waals surface area contributed by atoms with Crippen LogP contribution in [-0.2, 0) is 6.54 Å². The molecule has 2 nitrogen and oxygen atoms in total. The predicted molar refractivity (Wildman–Crippen MR) is 89.5 cm³/mol. The third-order valence-electron chi connectivity index (χ3n) is 4.27. The fraction of sp³-hybridized carbons (Fsp3) is 0.368. The minimum atomic E-state index is -0.162. The molecule has 0 bridgehead atoms. The molecule has 116 valence electrons. The molecule has 2 aromatic carbocycles. The number of hydrogen-bond acceptors (Lipinski definition) is 2. The molecule has 3 rings (SSSR count). The van der Waals surface area contributed by atoms with Crippen LogP contribution in [0.5, 0.6) is 0 Å². The van der Waals surface area contributed by atoms with Gasteiger partial charge in [0.15, 0.2) is 0 Å². The maximum atomic E-state index is 13.4. The van der Waals surface area contributed by atoms with Gasteiger partial charge in [-0.05, 0) is 36.1 Å². The van der Waals surface area contributed by atoms with Crippen LogP contribution in [-0.4, -0.2) is 19.1 Å². The summed E-state index contributed by atoms with van der Waals surface area (Å²) >= 11 is 0. The molecule has 2 atom stereocenters. The van der Waals surface area contributed by atoms with Gasteiger partial charge in [-0.3, -0.25) is 0 Å². The average molecular weight is 298 g/mol. The Balaban J connectivity index is 1.63. The van der Waals surface area contributed by atoms with Crippen molar-refractivity contribution in [3.05, 3.63) is 66.0 Å². The summed E-state index contributed by atoms with van der Waals surface area (Å²) in [5.74, 6) is 0.440. The fourth-order valence-electron chi connectivity index (χ4n) is 3.24. The molecule has 0 spiro atoms. The lowest BCUT2D eigenvalue weighted by molar-refractivity contribution is 0.349. The summed E-state index contributed by atoms with van der Waals surface area (Å²) in [4.78, 5) is 2.29. The number of anilines is 1. The number of hydrogen-bond donors (Lipinski definition) is 1. The second-order valence-corrected chi connectivity index (χ2v) is 6.29. The Morgan fingerprint density at radius 1 is 1.09 bits per heavy atom. The average Bonchev–Trinajstić information content (AvgIpc) is 2.53. The molecule has 22 heavy (non-hydrogen) atoms. The normalized spacial score (nSPS) is 21.8. The van der Waals surface area contributed by atoms with Crippen LogP contribution in [0.1, 0.15) is 18.9 Å². The van der Waals surface area contributed by atoms with Gasteiger partial charge in [-0.15, -0.1) is 0 Å². The molecule has 0 aliphatic carbocycles. The minimum Gasteiger partial charge on any atom is -0.370 e. The Labute approximate surface area is 132 Å². The summed E-state index contributed by atoms with van der Waals surface area (Å²) in [6.07, 6.45) is 1.17. The molecule has 1 saturated heterocycles. The molecule has 0 radical (unpaired) electrons. The molecular weight excluding hydrogens is 275 g/mol. The minimum absolute atomic E-state index is 0.162. The lowest BCUT2D eigenvalue weighted by Crippen LogP contribution is -2.48. The predicted octanol–water partition coefficient (Wildman–Crippen LogP) is 3.83. The molecular formula is C19H23FN2. The molecule has 2 aromatic rings. The quantitative estimate of drug-likeness (QED) is 0.923. The number of halogens is 1. The van der Waals surface area contributed by atoms with Gasteiger partial charge in [0.05, 0.1) is 0 Å². The maximum Gasteiger partial charge on any atom is 0.125 e. The summed E-state index contributed by atoms with van der Waals surface area (Å²) in [6.45, 7) is 5.07. The molecule has 2 unspecified atom stereocenters. The van der Waals surface area contributed by atoms with Crippen molar-refractivity contribution in [2.45, 2.75) is 25.9 Å². The highest BCUT2D eigenvalue weighted by Crippen LogP contribution is 2.24. The first kappa shape index (κ1) is 15.0. The summed E-state index contributed by atoms with van der Waals surface area (Å²) in [5, 5.41) is 3.65. The van der Waals surface area contributed by atoms with Crippen molar-refractivity contribution in [2.75, 3.05) is 18.0 Å². The van der Waals surface area contributed by atoms with E-state index in [1.165, 1.54) is 18.1 Å². The number of rotatable bonds is 4. The molecule has 0 aromatic heterocycles. The Morgan fingerprint density at radius 3 is 2.68 bits per heavy atom. The zero-order chi connectivity index (χ0) is 15.4. The number of nitrogens with one attached hydrogen (secondary N) is 1. The van der Waals surface area contributed by atoms with E-state index in [1.807, 2.05) is 12.1 Å². The standard InChI is InChI=1S/C19H23FN2/c1-15-10-18(21-12-16-6-3-2-4-7-16)14-22(13-15)19-9-5-8-17(20)11-19/h2-9,11,15,18,21H,10,12-14H2,1H3. The lowest BCUT2D eigenvalue weighted by Gasteiger charge is -2.38. The van der Waals surface area contributed by atoms with Crippen molar-refractivity contribution in [1.29, 1.82) is 0 Å². The van der Waals surface area contributed by atoms with Crippen molar-refractivity contribution in [2.24, 2.45) is 5.92 Å². The van der Waals surface area contributed by atoms with E-state index >= 15 is 0 Å². The van der Waals surface area contributed by atoms with Crippen LogP contribution < -0.4 is 10.2 Å². The van der Waals surface area contributed by atoms with E-state index in [0.717, 1.165) is 25.3 Å². The molecule has 0 amide bonds. The number of benzene rings is 2. The molecule has 1 fully saturated rings. The zero-order valence-electron chi connectivity index (χ0n) is 13.0. The van der Waals surface area contributed by atoms with Gasteiger partial charge in [0.2, 0.25) is 0 Å². The van der Waals surface area contributed by atoms with Gasteiger partial charge in [-0.2, -0.15) is 0 Å². The van der Waals surface area contributed by atoms with E-state index in [2.05, 4.69) is 41.4 Å². The lowest BCUT2D eigenvalue weighted by atomic mass is 9.95. The molecule has 3 heteroatoms. The van der Waals surface area contributed by atoms with Crippen LogP contribution in [0.2, 0.25) is 0 Å². The summed E-state index contributed by atoms with van der Waals surface area (Å²) < 4.78 is 13.4. The zero-order valence-corrected chi connectivity index (χ0v) is 13.0.